The van der Waals surface area contributed by atoms with E-state index in [1.807, 2.05) is 4.90 Å². The van der Waals surface area contributed by atoms with Gasteiger partial charge in [0.15, 0.2) is 0 Å². The molecule has 4 fully saturated rings. The van der Waals surface area contributed by atoms with Gasteiger partial charge < -0.3 is 9.64 Å². The number of carbonyl (C=O) groups is 2. The number of amides is 1. The number of piperidine rings is 1. The molecule has 4 aliphatic rings. The SMILES string of the molecule is CC1CCN(C(=O)[C@@H]2[C@H]3C[C@H]4[C@H](OC(=O)[C@H]42)[C@@H]3Br)CC1. The number of likely N-dealkylation sites (tertiary alicyclic amines) is 1. The second kappa shape index (κ2) is 4.46. The van der Waals surface area contributed by atoms with Crippen LogP contribution in [-0.4, -0.2) is 40.8 Å². The van der Waals surface area contributed by atoms with Crippen molar-refractivity contribution in [2.24, 2.45) is 29.6 Å². The van der Waals surface area contributed by atoms with Crippen molar-refractivity contribution in [3.63, 3.8) is 0 Å². The third-order valence-electron chi connectivity index (χ3n) is 5.90. The first kappa shape index (κ1) is 13.1. The Labute approximate surface area is 127 Å². The standard InChI is InChI=1S/C15H20BrNO3/c1-7-2-4-17(5-3-7)14(18)10-8-6-9-11(10)15(19)20-13(9)12(8)16/h7-13H,2-6H2,1H3/t8-,9-,10-,11-,12-,13+/m1/s1. The molecular weight excluding hydrogens is 322 g/mol. The quantitative estimate of drug-likeness (QED) is 0.539. The largest absolute Gasteiger partial charge is 0.461 e. The molecule has 2 aliphatic heterocycles. The average molecular weight is 342 g/mol. The van der Waals surface area contributed by atoms with Crippen molar-refractivity contribution in [1.29, 1.82) is 0 Å². The zero-order valence-corrected chi connectivity index (χ0v) is 13.2. The molecule has 4 rings (SSSR count). The molecule has 0 aromatic rings. The van der Waals surface area contributed by atoms with Crippen LogP contribution in [0.5, 0.6) is 0 Å². The Morgan fingerprint density at radius 2 is 2.00 bits per heavy atom. The Bertz CT molecular complexity index is 460. The molecule has 110 valence electrons. The van der Waals surface area contributed by atoms with Crippen molar-refractivity contribution in [3.8, 4) is 0 Å². The highest BCUT2D eigenvalue weighted by atomic mass is 79.9. The van der Waals surface area contributed by atoms with Crippen LogP contribution in [-0.2, 0) is 14.3 Å². The number of hydrogen-bond acceptors (Lipinski definition) is 3. The Morgan fingerprint density at radius 1 is 1.30 bits per heavy atom. The highest BCUT2D eigenvalue weighted by Gasteiger charge is 2.68. The van der Waals surface area contributed by atoms with Crippen LogP contribution in [0.2, 0.25) is 0 Å². The van der Waals surface area contributed by atoms with Gasteiger partial charge in [-0.2, -0.15) is 0 Å². The molecule has 2 aliphatic carbocycles. The zero-order chi connectivity index (χ0) is 14.0. The predicted octanol–water partition coefficient (Wildman–Crippen LogP) is 1.82. The number of esters is 1. The average Bonchev–Trinajstić information content (AvgIpc) is 3.03. The first-order chi connectivity index (χ1) is 9.58. The summed E-state index contributed by atoms with van der Waals surface area (Å²) in [5.41, 5.74) is 0. The lowest BCUT2D eigenvalue weighted by Crippen LogP contribution is -2.47. The fourth-order valence-corrected chi connectivity index (χ4v) is 5.79. The third-order valence-corrected chi connectivity index (χ3v) is 7.10. The van der Waals surface area contributed by atoms with E-state index in [-0.39, 0.29) is 46.5 Å². The van der Waals surface area contributed by atoms with E-state index in [1.54, 1.807) is 0 Å². The van der Waals surface area contributed by atoms with E-state index in [0.29, 0.717) is 5.92 Å². The normalized spacial score (nSPS) is 46.9. The number of hydrogen-bond donors (Lipinski definition) is 0. The summed E-state index contributed by atoms with van der Waals surface area (Å²) in [6.07, 6.45) is 3.16. The molecule has 2 saturated carbocycles. The van der Waals surface area contributed by atoms with Gasteiger partial charge >= 0.3 is 5.97 Å². The van der Waals surface area contributed by atoms with Crippen molar-refractivity contribution < 1.29 is 14.3 Å². The van der Waals surface area contributed by atoms with E-state index in [0.717, 1.165) is 32.4 Å². The number of halogens is 1. The summed E-state index contributed by atoms with van der Waals surface area (Å²) in [7, 11) is 0. The van der Waals surface area contributed by atoms with Gasteiger partial charge in [-0.3, -0.25) is 9.59 Å². The third kappa shape index (κ3) is 1.65. The van der Waals surface area contributed by atoms with Crippen molar-refractivity contribution in [3.05, 3.63) is 0 Å². The van der Waals surface area contributed by atoms with E-state index in [1.165, 1.54) is 0 Å². The molecule has 6 atom stereocenters. The van der Waals surface area contributed by atoms with E-state index in [4.69, 9.17) is 4.74 Å². The first-order valence-electron chi connectivity index (χ1n) is 7.71. The molecule has 2 saturated heterocycles. The van der Waals surface area contributed by atoms with Crippen LogP contribution in [0.15, 0.2) is 0 Å². The molecule has 0 aromatic heterocycles. The summed E-state index contributed by atoms with van der Waals surface area (Å²) >= 11 is 3.67. The molecule has 2 heterocycles. The van der Waals surface area contributed by atoms with Crippen LogP contribution < -0.4 is 0 Å². The van der Waals surface area contributed by atoms with Crippen molar-refractivity contribution >= 4 is 27.8 Å². The monoisotopic (exact) mass is 341 g/mol. The number of carbonyl (C=O) groups excluding carboxylic acids is 2. The molecule has 0 spiro atoms. The fraction of sp³-hybridized carbons (Fsp3) is 0.867. The lowest BCUT2D eigenvalue weighted by Gasteiger charge is -2.36. The maximum absolute atomic E-state index is 12.9. The molecule has 1 amide bonds. The molecule has 20 heavy (non-hydrogen) atoms. The van der Waals surface area contributed by atoms with E-state index in [2.05, 4.69) is 22.9 Å². The number of rotatable bonds is 1. The molecule has 2 bridgehead atoms. The van der Waals surface area contributed by atoms with Gasteiger partial charge in [0.05, 0.1) is 16.7 Å². The summed E-state index contributed by atoms with van der Waals surface area (Å²) in [5.74, 6) is 1.05. The van der Waals surface area contributed by atoms with Gasteiger partial charge in [-0.15, -0.1) is 0 Å². The summed E-state index contributed by atoms with van der Waals surface area (Å²) < 4.78 is 5.48. The topological polar surface area (TPSA) is 46.6 Å². The van der Waals surface area contributed by atoms with Crippen LogP contribution in [0.1, 0.15) is 26.2 Å². The van der Waals surface area contributed by atoms with Crippen molar-refractivity contribution in [1.82, 2.24) is 4.90 Å². The molecular formula is C15H20BrNO3. The molecule has 0 N–H and O–H groups in total. The first-order valence-corrected chi connectivity index (χ1v) is 8.63. The van der Waals surface area contributed by atoms with Crippen molar-refractivity contribution in [2.45, 2.75) is 37.1 Å². The minimum absolute atomic E-state index is 0.0166. The summed E-state index contributed by atoms with van der Waals surface area (Å²) in [6, 6.07) is 0. The van der Waals surface area contributed by atoms with Gasteiger partial charge in [-0.25, -0.2) is 0 Å². The van der Waals surface area contributed by atoms with E-state index >= 15 is 0 Å². The van der Waals surface area contributed by atoms with Crippen LogP contribution >= 0.6 is 15.9 Å². The van der Waals surface area contributed by atoms with Gasteiger partial charge in [0.2, 0.25) is 5.91 Å². The number of ether oxygens (including phenoxy) is 1. The van der Waals surface area contributed by atoms with Gasteiger partial charge in [0.1, 0.15) is 6.10 Å². The predicted molar refractivity (Wildman–Crippen MR) is 76.2 cm³/mol. The highest BCUT2D eigenvalue weighted by molar-refractivity contribution is 9.09. The molecule has 0 aromatic carbocycles. The Hall–Kier alpha value is -0.580. The second-order valence-electron chi connectivity index (χ2n) is 6.97. The Balaban J connectivity index is 1.56. The van der Waals surface area contributed by atoms with E-state index < -0.39 is 0 Å². The van der Waals surface area contributed by atoms with Crippen LogP contribution in [0, 0.1) is 29.6 Å². The minimum Gasteiger partial charge on any atom is -0.461 e. The maximum atomic E-state index is 12.9. The lowest BCUT2D eigenvalue weighted by atomic mass is 9.78. The van der Waals surface area contributed by atoms with Crippen LogP contribution in [0.4, 0.5) is 0 Å². The Morgan fingerprint density at radius 3 is 2.70 bits per heavy atom. The van der Waals surface area contributed by atoms with Gasteiger partial charge in [0, 0.05) is 19.0 Å². The number of nitrogens with zero attached hydrogens (tertiary/aromatic N) is 1. The zero-order valence-electron chi connectivity index (χ0n) is 11.6. The van der Waals surface area contributed by atoms with Gasteiger partial charge in [-0.05, 0) is 31.1 Å². The maximum Gasteiger partial charge on any atom is 0.310 e. The number of fused-ring (bicyclic) bond motifs is 1. The van der Waals surface area contributed by atoms with Crippen LogP contribution in [0.3, 0.4) is 0 Å². The summed E-state index contributed by atoms with van der Waals surface area (Å²) in [4.78, 5) is 27.1. The van der Waals surface area contributed by atoms with Crippen LogP contribution in [0.25, 0.3) is 0 Å². The highest BCUT2D eigenvalue weighted by Crippen LogP contribution is 2.60. The lowest BCUT2D eigenvalue weighted by molar-refractivity contribution is -0.148. The minimum atomic E-state index is -0.161. The molecule has 0 radical (unpaired) electrons. The van der Waals surface area contributed by atoms with Crippen molar-refractivity contribution in [2.75, 3.05) is 13.1 Å². The fourth-order valence-electron chi connectivity index (χ4n) is 4.75. The molecule has 5 heteroatoms. The number of alkyl halides is 1. The second-order valence-corrected chi connectivity index (χ2v) is 8.03. The molecule has 4 nitrogen and oxygen atoms in total. The smallest absolute Gasteiger partial charge is 0.310 e. The van der Waals surface area contributed by atoms with Gasteiger partial charge in [0.25, 0.3) is 0 Å². The molecule has 0 unspecified atom stereocenters. The summed E-state index contributed by atoms with van der Waals surface area (Å²) in [5, 5.41) is 0. The summed E-state index contributed by atoms with van der Waals surface area (Å²) in [6.45, 7) is 3.95. The van der Waals surface area contributed by atoms with Gasteiger partial charge in [-0.1, -0.05) is 22.9 Å². The van der Waals surface area contributed by atoms with E-state index in [9.17, 15) is 9.59 Å². The Kier molecular flexibility index (Phi) is 2.92.